The van der Waals surface area contributed by atoms with E-state index < -0.39 is 0 Å². The topological polar surface area (TPSA) is 65.5 Å². The molecule has 0 aliphatic heterocycles. The lowest BCUT2D eigenvalue weighted by Gasteiger charge is -2.06. The molecule has 0 N–H and O–H groups in total. The zero-order valence-electron chi connectivity index (χ0n) is 31.2. The molecule has 3 rings (SSSR count). The summed E-state index contributed by atoms with van der Waals surface area (Å²) in [5.74, 6) is -0.612. The average molecular weight is 888 g/mol. The Kier molecular flexibility index (Phi) is 23.9. The van der Waals surface area contributed by atoms with Gasteiger partial charge in [-0.15, -0.1) is 34.0 Å². The summed E-state index contributed by atoms with van der Waals surface area (Å²) in [7, 11) is 0. The van der Waals surface area contributed by atoms with Crippen molar-refractivity contribution in [3.63, 3.8) is 0 Å². The maximum Gasteiger partial charge on any atom is 0.339 e. The van der Waals surface area contributed by atoms with Gasteiger partial charge in [0.15, 0.2) is 0 Å². The van der Waals surface area contributed by atoms with Gasteiger partial charge < -0.3 is 9.47 Å². The number of esters is 2. The summed E-state index contributed by atoms with van der Waals surface area (Å²) < 4.78 is 13.1. The van der Waals surface area contributed by atoms with Crippen LogP contribution in [0.25, 0.3) is 19.6 Å². The summed E-state index contributed by atoms with van der Waals surface area (Å²) in [4.78, 5) is 33.4. The van der Waals surface area contributed by atoms with E-state index in [-0.39, 0.29) is 11.9 Å². The predicted octanol–water partition coefficient (Wildman–Crippen LogP) is 15.8. The van der Waals surface area contributed by atoms with E-state index in [1.54, 1.807) is 6.20 Å². The molecular formula is C41H61Br2NO4S3. The first kappa shape index (κ1) is 44.3. The van der Waals surface area contributed by atoms with Gasteiger partial charge in [0.05, 0.1) is 46.5 Å². The Hall–Kier alpha value is -1.07. The molecule has 0 saturated heterocycles. The lowest BCUT2D eigenvalue weighted by Crippen LogP contribution is -2.06. The Balaban J connectivity index is 1.38. The fourth-order valence-electron chi connectivity index (χ4n) is 6.22. The van der Waals surface area contributed by atoms with Crippen LogP contribution in [0.2, 0.25) is 0 Å². The van der Waals surface area contributed by atoms with Crippen LogP contribution in [-0.2, 0) is 9.47 Å². The molecule has 3 aromatic heterocycles. The van der Waals surface area contributed by atoms with Crippen LogP contribution in [0.5, 0.6) is 0 Å². The molecule has 0 aromatic carbocycles. The first-order valence-electron chi connectivity index (χ1n) is 19.8. The van der Waals surface area contributed by atoms with Gasteiger partial charge >= 0.3 is 11.9 Å². The Bertz CT molecular complexity index is 1280. The zero-order chi connectivity index (χ0) is 36.5. The lowest BCUT2D eigenvalue weighted by molar-refractivity contribution is 0.0490. The molecule has 0 unspecified atom stereocenters. The highest BCUT2D eigenvalue weighted by molar-refractivity contribution is 9.11. The second kappa shape index (κ2) is 27.5. The van der Waals surface area contributed by atoms with Crippen molar-refractivity contribution in [2.75, 3.05) is 13.2 Å². The van der Waals surface area contributed by atoms with Gasteiger partial charge in [-0.1, -0.05) is 155 Å². The van der Waals surface area contributed by atoms with Crippen molar-refractivity contribution in [3.05, 3.63) is 37.0 Å². The van der Waals surface area contributed by atoms with E-state index in [1.165, 1.54) is 162 Å². The highest BCUT2D eigenvalue weighted by Crippen LogP contribution is 2.44. The van der Waals surface area contributed by atoms with Crippen LogP contribution >= 0.6 is 65.9 Å². The Labute approximate surface area is 337 Å². The third-order valence-electron chi connectivity index (χ3n) is 9.23. The molecule has 0 aliphatic carbocycles. The van der Waals surface area contributed by atoms with Crippen LogP contribution in [0.3, 0.4) is 0 Å². The van der Waals surface area contributed by atoms with E-state index in [1.807, 2.05) is 12.1 Å². The summed E-state index contributed by atoms with van der Waals surface area (Å²) in [6, 6.07) is 3.66. The van der Waals surface area contributed by atoms with Gasteiger partial charge in [-0.25, -0.2) is 14.6 Å². The Morgan fingerprint density at radius 1 is 0.529 bits per heavy atom. The van der Waals surface area contributed by atoms with Gasteiger partial charge in [0.1, 0.15) is 5.01 Å². The van der Waals surface area contributed by atoms with Crippen molar-refractivity contribution in [2.24, 2.45) is 0 Å². The van der Waals surface area contributed by atoms with Gasteiger partial charge in [-0.3, -0.25) is 0 Å². The third kappa shape index (κ3) is 17.7. The van der Waals surface area contributed by atoms with Crippen molar-refractivity contribution in [1.82, 2.24) is 4.98 Å². The minimum Gasteiger partial charge on any atom is -0.462 e. The van der Waals surface area contributed by atoms with Gasteiger partial charge in [0, 0.05) is 6.20 Å². The molecule has 3 aromatic rings. The molecule has 0 radical (unpaired) electrons. The molecule has 286 valence electrons. The number of hydrogen-bond donors (Lipinski definition) is 0. The normalized spacial score (nSPS) is 11.4. The molecule has 5 nitrogen and oxygen atoms in total. The first-order chi connectivity index (χ1) is 24.9. The van der Waals surface area contributed by atoms with E-state index in [9.17, 15) is 9.59 Å². The van der Waals surface area contributed by atoms with E-state index in [0.717, 1.165) is 52.9 Å². The van der Waals surface area contributed by atoms with Crippen LogP contribution in [0, 0.1) is 0 Å². The van der Waals surface area contributed by atoms with Gasteiger partial charge in [0.25, 0.3) is 0 Å². The second-order valence-electron chi connectivity index (χ2n) is 13.7. The third-order valence-corrected chi connectivity index (χ3v) is 13.8. The number of ether oxygens (including phenoxy) is 2. The number of carbonyl (C=O) groups excluding carboxylic acids is 2. The summed E-state index contributed by atoms with van der Waals surface area (Å²) >= 11 is 11.6. The minimum absolute atomic E-state index is 0.300. The molecular weight excluding hydrogens is 826 g/mol. The molecule has 10 heteroatoms. The largest absolute Gasteiger partial charge is 0.462 e. The quantitative estimate of drug-likeness (QED) is 0.0493. The van der Waals surface area contributed by atoms with E-state index in [2.05, 4.69) is 50.7 Å². The molecule has 0 bridgehead atoms. The van der Waals surface area contributed by atoms with Crippen molar-refractivity contribution in [1.29, 1.82) is 0 Å². The van der Waals surface area contributed by atoms with E-state index in [4.69, 9.17) is 9.47 Å². The molecule has 0 atom stereocenters. The zero-order valence-corrected chi connectivity index (χ0v) is 36.8. The fraction of sp³-hybridized carbons (Fsp3) is 0.683. The number of thiazole rings is 1. The average Bonchev–Trinajstić information content (AvgIpc) is 3.87. The fourth-order valence-corrected chi connectivity index (χ4v) is 10.5. The summed E-state index contributed by atoms with van der Waals surface area (Å²) in [5, 5.41) is 0.735. The van der Waals surface area contributed by atoms with Crippen molar-refractivity contribution in [3.8, 4) is 19.6 Å². The van der Waals surface area contributed by atoms with Gasteiger partial charge in [-0.2, -0.15) is 0 Å². The molecule has 0 saturated carbocycles. The lowest BCUT2D eigenvalue weighted by atomic mass is 10.1. The number of aromatic nitrogens is 1. The SMILES string of the molecule is CCCCCCCCCCCCCCOC(=O)c1cc(Br)sc1-c1cnc(-c2sc(Br)cc2C(=O)OCCCCCCCCCCCCCC)s1. The molecule has 51 heavy (non-hydrogen) atoms. The smallest absolute Gasteiger partial charge is 0.339 e. The van der Waals surface area contributed by atoms with Crippen molar-refractivity contribution < 1.29 is 19.1 Å². The molecule has 0 amide bonds. The van der Waals surface area contributed by atoms with Crippen molar-refractivity contribution in [2.45, 2.75) is 168 Å². The number of thiophene rings is 2. The monoisotopic (exact) mass is 885 g/mol. The van der Waals surface area contributed by atoms with Crippen LogP contribution < -0.4 is 0 Å². The van der Waals surface area contributed by atoms with Gasteiger partial charge in [0.2, 0.25) is 0 Å². The Morgan fingerprint density at radius 2 is 0.882 bits per heavy atom. The number of carbonyl (C=O) groups is 2. The first-order valence-corrected chi connectivity index (χ1v) is 23.9. The summed E-state index contributed by atoms with van der Waals surface area (Å²) in [6.45, 7) is 5.40. The number of halogens is 2. The second-order valence-corrected chi connectivity index (χ2v) is 19.6. The number of hydrogen-bond acceptors (Lipinski definition) is 8. The van der Waals surface area contributed by atoms with Crippen LogP contribution in [-0.4, -0.2) is 30.1 Å². The van der Waals surface area contributed by atoms with Crippen LogP contribution in [0.15, 0.2) is 25.9 Å². The van der Waals surface area contributed by atoms with E-state index >= 15 is 0 Å². The maximum absolute atomic E-state index is 13.1. The number of unbranched alkanes of at least 4 members (excludes halogenated alkanes) is 22. The standard InChI is InChI=1S/C41H61Br2NO4S3/c1-3-5-7-9-11-13-15-17-19-21-23-25-27-47-40(45)32-29-35(42)50-37(32)34-31-44-39(49-34)38-33(30-36(43)51-38)41(46)48-28-26-24-22-20-18-16-14-12-10-8-6-4-2/h29-31H,3-28H2,1-2H3. The highest BCUT2D eigenvalue weighted by Gasteiger charge is 2.24. The molecule has 0 fully saturated rings. The highest BCUT2D eigenvalue weighted by atomic mass is 79.9. The Morgan fingerprint density at radius 3 is 1.29 bits per heavy atom. The molecule has 3 heterocycles. The molecule has 0 aliphatic rings. The van der Waals surface area contributed by atoms with Crippen LogP contribution in [0.4, 0.5) is 0 Å². The van der Waals surface area contributed by atoms with Crippen molar-refractivity contribution >= 4 is 77.8 Å². The number of nitrogens with zero attached hydrogens (tertiary/aromatic N) is 1. The minimum atomic E-state index is -0.312. The maximum atomic E-state index is 13.1. The van der Waals surface area contributed by atoms with Crippen LogP contribution in [0.1, 0.15) is 189 Å². The summed E-state index contributed by atoms with van der Waals surface area (Å²) in [5.41, 5.74) is 1.08. The molecule has 0 spiro atoms. The predicted molar refractivity (Wildman–Crippen MR) is 227 cm³/mol. The van der Waals surface area contributed by atoms with E-state index in [0.29, 0.717) is 24.3 Å². The van der Waals surface area contributed by atoms with Gasteiger partial charge in [-0.05, 0) is 56.8 Å². The number of rotatable bonds is 30. The summed E-state index contributed by atoms with van der Waals surface area (Å²) in [6.07, 6.45) is 32.3.